The lowest BCUT2D eigenvalue weighted by Crippen LogP contribution is -2.65. The monoisotopic (exact) mass is 318 g/mol. The molecule has 1 atom stereocenters. The highest BCUT2D eigenvalue weighted by Crippen LogP contribution is 2.21. The molecule has 2 aliphatic heterocycles. The first-order chi connectivity index (χ1) is 11.0. The quantitative estimate of drug-likeness (QED) is 0.809. The average Bonchev–Trinajstić information content (AvgIpc) is 2.48. The van der Waals surface area contributed by atoms with Crippen LogP contribution < -0.4 is 10.9 Å². The normalized spacial score (nSPS) is 22.8. The smallest absolute Gasteiger partial charge is 0.263 e. The zero-order chi connectivity index (χ0) is 16.6. The fraction of sp³-hybridized carbons (Fsp3) is 0.562. The molecular weight excluding hydrogens is 296 g/mol. The molecule has 7 heteroatoms. The van der Waals surface area contributed by atoms with Gasteiger partial charge in [0.1, 0.15) is 5.56 Å². The summed E-state index contributed by atoms with van der Waals surface area (Å²) in [5, 5.41) is 2.88. The van der Waals surface area contributed by atoms with Crippen LogP contribution in [0.3, 0.4) is 0 Å². The summed E-state index contributed by atoms with van der Waals surface area (Å²) in [5.74, 6) is -0.180. The molecule has 0 aliphatic carbocycles. The van der Waals surface area contributed by atoms with Gasteiger partial charge in [0.2, 0.25) is 5.91 Å². The van der Waals surface area contributed by atoms with Crippen molar-refractivity contribution in [3.63, 3.8) is 0 Å². The molecule has 1 N–H and O–H groups in total. The average molecular weight is 318 g/mol. The molecule has 0 aromatic carbocycles. The van der Waals surface area contributed by atoms with Crippen molar-refractivity contribution in [2.45, 2.75) is 24.9 Å². The fourth-order valence-electron chi connectivity index (χ4n) is 3.24. The third-order valence-corrected chi connectivity index (χ3v) is 4.69. The van der Waals surface area contributed by atoms with Gasteiger partial charge in [-0.3, -0.25) is 19.3 Å². The number of likely N-dealkylation sites (tertiary alicyclic amines) is 2. The van der Waals surface area contributed by atoms with Crippen molar-refractivity contribution < 1.29 is 9.59 Å². The molecule has 1 aromatic rings. The van der Waals surface area contributed by atoms with E-state index in [-0.39, 0.29) is 35.0 Å². The molecule has 2 aliphatic rings. The van der Waals surface area contributed by atoms with Gasteiger partial charge in [-0.2, -0.15) is 0 Å². The first-order valence-corrected chi connectivity index (χ1v) is 7.93. The number of likely N-dealkylation sites (N-methyl/N-ethyl adjacent to an activating group) is 1. The predicted molar refractivity (Wildman–Crippen MR) is 85.2 cm³/mol. The Kier molecular flexibility index (Phi) is 4.21. The maximum atomic E-state index is 12.2. The summed E-state index contributed by atoms with van der Waals surface area (Å²) in [7, 11) is 3.45. The number of carbonyl (C=O) groups excluding carboxylic acids is 2. The molecular formula is C16H22N4O3. The van der Waals surface area contributed by atoms with Gasteiger partial charge < -0.3 is 14.8 Å². The number of pyridine rings is 1. The van der Waals surface area contributed by atoms with Crippen LogP contribution in [0.4, 0.5) is 0 Å². The molecule has 0 radical (unpaired) electrons. The van der Waals surface area contributed by atoms with Crippen LogP contribution in [0.1, 0.15) is 23.2 Å². The van der Waals surface area contributed by atoms with Crippen LogP contribution in [-0.2, 0) is 11.8 Å². The minimum atomic E-state index is -0.345. The van der Waals surface area contributed by atoms with Crippen LogP contribution in [0.5, 0.6) is 0 Å². The highest BCUT2D eigenvalue weighted by Gasteiger charge is 2.39. The molecule has 2 fully saturated rings. The Hall–Kier alpha value is -2.15. The third kappa shape index (κ3) is 3.01. The second-order valence-electron chi connectivity index (χ2n) is 6.38. The summed E-state index contributed by atoms with van der Waals surface area (Å²) in [4.78, 5) is 40.2. The Morgan fingerprint density at radius 1 is 1.26 bits per heavy atom. The van der Waals surface area contributed by atoms with Crippen LogP contribution in [0, 0.1) is 0 Å². The number of aromatic nitrogens is 1. The van der Waals surface area contributed by atoms with Gasteiger partial charge in [0.05, 0.1) is 12.1 Å². The highest BCUT2D eigenvalue weighted by molar-refractivity contribution is 5.94. The van der Waals surface area contributed by atoms with Crippen molar-refractivity contribution in [1.82, 2.24) is 19.7 Å². The van der Waals surface area contributed by atoms with Crippen LogP contribution in [0.15, 0.2) is 23.1 Å². The summed E-state index contributed by atoms with van der Waals surface area (Å²) >= 11 is 0. The Labute approximate surface area is 134 Å². The highest BCUT2D eigenvalue weighted by atomic mass is 16.2. The van der Waals surface area contributed by atoms with E-state index >= 15 is 0 Å². The number of piperidine rings is 1. The van der Waals surface area contributed by atoms with Crippen LogP contribution in [0.25, 0.3) is 0 Å². The van der Waals surface area contributed by atoms with Gasteiger partial charge in [-0.25, -0.2) is 0 Å². The van der Waals surface area contributed by atoms with Gasteiger partial charge in [0.15, 0.2) is 0 Å². The summed E-state index contributed by atoms with van der Waals surface area (Å²) in [6, 6.07) is 3.15. The van der Waals surface area contributed by atoms with E-state index in [4.69, 9.17) is 0 Å². The van der Waals surface area contributed by atoms with E-state index in [0.29, 0.717) is 13.1 Å². The van der Waals surface area contributed by atoms with Gasteiger partial charge >= 0.3 is 0 Å². The zero-order valence-electron chi connectivity index (χ0n) is 13.5. The molecule has 1 aromatic heterocycles. The maximum absolute atomic E-state index is 12.2. The molecule has 1 unspecified atom stereocenters. The molecule has 7 nitrogen and oxygen atoms in total. The standard InChI is InChI=1S/C16H22N4O3/c1-18-7-3-5-12(15(18)22)14(21)17-11-9-20(10-11)13-6-4-8-19(2)16(13)23/h3,5,7,11,13H,4,6,8-10H2,1-2H3,(H,17,21). The van der Waals surface area contributed by atoms with Gasteiger partial charge in [-0.1, -0.05) is 0 Å². The number of carbonyl (C=O) groups is 2. The Balaban J connectivity index is 1.56. The second-order valence-corrected chi connectivity index (χ2v) is 6.38. The minimum absolute atomic E-state index is 0.00700. The van der Waals surface area contributed by atoms with Crippen LogP contribution in [0.2, 0.25) is 0 Å². The number of nitrogens with one attached hydrogen (secondary N) is 1. The molecule has 3 heterocycles. The number of amides is 2. The number of hydrogen-bond acceptors (Lipinski definition) is 4. The lowest BCUT2D eigenvalue weighted by atomic mass is 9.97. The molecule has 0 saturated carbocycles. The van der Waals surface area contributed by atoms with Crippen molar-refractivity contribution in [3.8, 4) is 0 Å². The minimum Gasteiger partial charge on any atom is -0.347 e. The summed E-state index contributed by atoms with van der Waals surface area (Å²) in [5.41, 5.74) is -0.146. The van der Waals surface area contributed by atoms with E-state index in [9.17, 15) is 14.4 Å². The first kappa shape index (κ1) is 15.7. The second kappa shape index (κ2) is 6.16. The lowest BCUT2D eigenvalue weighted by molar-refractivity contribution is -0.141. The van der Waals surface area contributed by atoms with Crippen molar-refractivity contribution in [2.75, 3.05) is 26.7 Å². The van der Waals surface area contributed by atoms with E-state index < -0.39 is 0 Å². The molecule has 0 spiro atoms. The Morgan fingerprint density at radius 3 is 2.74 bits per heavy atom. The van der Waals surface area contributed by atoms with Crippen molar-refractivity contribution in [1.29, 1.82) is 0 Å². The molecule has 2 saturated heterocycles. The van der Waals surface area contributed by atoms with E-state index in [1.807, 2.05) is 7.05 Å². The molecule has 2 amide bonds. The van der Waals surface area contributed by atoms with Crippen molar-refractivity contribution in [3.05, 3.63) is 34.2 Å². The summed E-state index contributed by atoms with van der Waals surface area (Å²) in [6.07, 6.45) is 3.51. The lowest BCUT2D eigenvalue weighted by Gasteiger charge is -2.46. The molecule has 23 heavy (non-hydrogen) atoms. The Bertz CT molecular complexity index is 678. The van der Waals surface area contributed by atoms with Crippen LogP contribution >= 0.6 is 0 Å². The summed E-state index contributed by atoms with van der Waals surface area (Å²) in [6.45, 7) is 2.13. The number of nitrogens with zero attached hydrogens (tertiary/aromatic N) is 3. The molecule has 0 bridgehead atoms. The van der Waals surface area contributed by atoms with Crippen LogP contribution in [-0.4, -0.2) is 64.9 Å². The topological polar surface area (TPSA) is 74.7 Å². The SMILES string of the molecule is CN1CCCC(N2CC(NC(=O)c3cccn(C)c3=O)C2)C1=O. The first-order valence-electron chi connectivity index (χ1n) is 7.93. The van der Waals surface area contributed by atoms with Crippen molar-refractivity contribution >= 4 is 11.8 Å². The van der Waals surface area contributed by atoms with E-state index in [1.165, 1.54) is 10.6 Å². The summed E-state index contributed by atoms with van der Waals surface area (Å²) < 4.78 is 1.39. The third-order valence-electron chi connectivity index (χ3n) is 4.69. The van der Waals surface area contributed by atoms with E-state index in [2.05, 4.69) is 10.2 Å². The largest absolute Gasteiger partial charge is 0.347 e. The van der Waals surface area contributed by atoms with Gasteiger partial charge in [-0.05, 0) is 25.0 Å². The fourth-order valence-corrected chi connectivity index (χ4v) is 3.24. The number of aryl methyl sites for hydroxylation is 1. The number of hydrogen-bond donors (Lipinski definition) is 1. The zero-order valence-corrected chi connectivity index (χ0v) is 13.5. The van der Waals surface area contributed by atoms with Gasteiger partial charge in [0.25, 0.3) is 11.5 Å². The maximum Gasteiger partial charge on any atom is 0.263 e. The molecule has 3 rings (SSSR count). The molecule has 124 valence electrons. The number of rotatable bonds is 3. The van der Waals surface area contributed by atoms with E-state index in [0.717, 1.165) is 19.4 Å². The van der Waals surface area contributed by atoms with Crippen molar-refractivity contribution in [2.24, 2.45) is 7.05 Å². The predicted octanol–water partition coefficient (Wildman–Crippen LogP) is -0.580. The van der Waals surface area contributed by atoms with E-state index in [1.54, 1.807) is 24.2 Å². The van der Waals surface area contributed by atoms with Gasteiger partial charge in [-0.15, -0.1) is 0 Å². The van der Waals surface area contributed by atoms with Gasteiger partial charge in [0, 0.05) is 39.9 Å². The Morgan fingerprint density at radius 2 is 2.00 bits per heavy atom.